The summed E-state index contributed by atoms with van der Waals surface area (Å²) in [6.45, 7) is -3.77. The van der Waals surface area contributed by atoms with Crippen LogP contribution in [0.25, 0.3) is 0 Å². The molecule has 2 amide bonds. The van der Waals surface area contributed by atoms with Crippen LogP contribution in [0.2, 0.25) is 0 Å². The second-order valence-corrected chi connectivity index (χ2v) is 10.1. The highest BCUT2D eigenvalue weighted by molar-refractivity contribution is 6.14. The van der Waals surface area contributed by atoms with Crippen molar-refractivity contribution in [2.45, 2.75) is 54.7 Å². The maximum atomic E-state index is 13.3. The van der Waals surface area contributed by atoms with Crippen LogP contribution < -0.4 is 10.1 Å². The number of carbonyl (C=O) groups is 2. The number of piperazine rings is 1. The molecule has 7 rings (SSSR count). The van der Waals surface area contributed by atoms with Crippen LogP contribution in [0.4, 0.5) is 26.3 Å². The fourth-order valence-electron chi connectivity index (χ4n) is 5.88. The third-order valence-electron chi connectivity index (χ3n) is 7.63. The van der Waals surface area contributed by atoms with E-state index in [0.29, 0.717) is 16.9 Å². The van der Waals surface area contributed by atoms with Crippen molar-refractivity contribution in [2.24, 2.45) is 4.99 Å². The molecule has 1 fully saturated rings. The van der Waals surface area contributed by atoms with Crippen molar-refractivity contribution in [3.8, 4) is 5.75 Å². The van der Waals surface area contributed by atoms with Gasteiger partial charge < -0.3 is 24.4 Å². The Labute approximate surface area is 217 Å². The fourth-order valence-corrected chi connectivity index (χ4v) is 5.88. The number of hydrogen-bond acceptors (Lipinski definition) is 6. The second-order valence-electron chi connectivity index (χ2n) is 10.1. The van der Waals surface area contributed by atoms with Crippen molar-refractivity contribution >= 4 is 17.5 Å². The molecule has 1 spiro atoms. The summed E-state index contributed by atoms with van der Waals surface area (Å²) < 4.78 is 94.7. The summed E-state index contributed by atoms with van der Waals surface area (Å²) >= 11 is 0. The first-order valence-corrected chi connectivity index (χ1v) is 12.0. The van der Waals surface area contributed by atoms with E-state index in [-0.39, 0.29) is 35.9 Å². The summed E-state index contributed by atoms with van der Waals surface area (Å²) in [6.07, 6.45) is -7.44. The van der Waals surface area contributed by atoms with E-state index in [4.69, 9.17) is 14.2 Å². The van der Waals surface area contributed by atoms with Crippen LogP contribution in [0.15, 0.2) is 47.0 Å². The van der Waals surface area contributed by atoms with E-state index in [1.165, 1.54) is 18.0 Å². The largest absolute Gasteiger partial charge is 0.467 e. The van der Waals surface area contributed by atoms with E-state index >= 15 is 0 Å². The molecule has 5 aliphatic heterocycles. The van der Waals surface area contributed by atoms with Crippen LogP contribution in [0.3, 0.4) is 0 Å². The Hall–Kier alpha value is -3.39. The molecule has 1 aliphatic carbocycles. The maximum absolute atomic E-state index is 13.3. The van der Waals surface area contributed by atoms with Crippen molar-refractivity contribution in [2.75, 3.05) is 20.3 Å². The number of rotatable bonds is 4. The summed E-state index contributed by atoms with van der Waals surface area (Å²) in [5, 5.41) is 2.74. The topological polar surface area (TPSA) is 89.5 Å². The van der Waals surface area contributed by atoms with Crippen LogP contribution in [-0.2, 0) is 30.9 Å². The first kappa shape index (κ1) is 25.9. The normalized spacial score (nSPS) is 30.3. The standard InChI is InChI=1S/C25H21F6N3O5/c1-34-17-7-12-2-3-18-13(6-12)23(9-16(20(34)36)32-19(17)35)14-8-22(37-10-24(26,27)28,38-11-25(29,30)31)5-4-15(14)33-21(23)39-18/h2-6,8,16-17,21H,7,9-11H2,1H3,(H,32,35)/t16-,17-,21-,23-/m1/s1. The summed E-state index contributed by atoms with van der Waals surface area (Å²) in [4.78, 5) is 32.2. The highest BCUT2D eigenvalue weighted by Gasteiger charge is 2.61. The number of carbonyl (C=O) groups excluding carboxylic acids is 2. The first-order chi connectivity index (χ1) is 18.2. The van der Waals surface area contributed by atoms with E-state index < -0.39 is 55.1 Å². The molecular formula is C25H21F6N3O5. The molecule has 0 saturated carbocycles. The number of fused-ring (bicyclic) bond motifs is 3. The Morgan fingerprint density at radius 2 is 1.82 bits per heavy atom. The molecule has 14 heteroatoms. The molecule has 0 unspecified atom stereocenters. The van der Waals surface area contributed by atoms with Crippen molar-refractivity contribution in [3.05, 3.63) is 53.1 Å². The van der Waals surface area contributed by atoms with Gasteiger partial charge in [0.05, 0.1) is 11.1 Å². The Morgan fingerprint density at radius 1 is 1.13 bits per heavy atom. The number of alkyl halides is 6. The van der Waals surface area contributed by atoms with E-state index in [1.54, 1.807) is 18.2 Å². The van der Waals surface area contributed by atoms with Gasteiger partial charge in [-0.1, -0.05) is 12.1 Å². The summed E-state index contributed by atoms with van der Waals surface area (Å²) in [7, 11) is 1.51. The number of nitrogens with one attached hydrogen (secondary N) is 1. The van der Waals surface area contributed by atoms with Crippen molar-refractivity contribution in [1.29, 1.82) is 0 Å². The van der Waals surface area contributed by atoms with Crippen LogP contribution in [0.1, 0.15) is 17.5 Å². The molecule has 208 valence electrons. The summed E-state index contributed by atoms with van der Waals surface area (Å²) in [5.41, 5.74) is 0.325. The third kappa shape index (κ3) is 4.20. The van der Waals surface area contributed by atoms with Crippen LogP contribution in [0, 0.1) is 0 Å². The highest BCUT2D eigenvalue weighted by atomic mass is 19.4. The number of halogens is 6. The van der Waals surface area contributed by atoms with Gasteiger partial charge in [-0.25, -0.2) is 4.99 Å². The van der Waals surface area contributed by atoms with Gasteiger partial charge in [-0.05, 0) is 41.9 Å². The van der Waals surface area contributed by atoms with Crippen molar-refractivity contribution < 1.29 is 50.1 Å². The molecule has 6 aliphatic rings. The molecule has 5 heterocycles. The van der Waals surface area contributed by atoms with Gasteiger partial charge in [-0.15, -0.1) is 0 Å². The maximum Gasteiger partial charge on any atom is 0.411 e. The molecule has 4 bridgehead atoms. The zero-order valence-corrected chi connectivity index (χ0v) is 20.2. The highest BCUT2D eigenvalue weighted by Crippen LogP contribution is 2.57. The number of likely N-dealkylation sites (N-methyl/N-ethyl adjacent to an activating group) is 1. The number of aliphatic imine (C=N–C) groups is 1. The van der Waals surface area contributed by atoms with Gasteiger partial charge in [0.25, 0.3) is 0 Å². The smallest absolute Gasteiger partial charge is 0.411 e. The van der Waals surface area contributed by atoms with Crippen molar-refractivity contribution in [1.82, 2.24) is 10.2 Å². The average Bonchev–Trinajstić information content (AvgIpc) is 3.31. The summed E-state index contributed by atoms with van der Waals surface area (Å²) in [5.74, 6) is -2.90. The van der Waals surface area contributed by atoms with Gasteiger partial charge in [0.15, 0.2) is 0 Å². The molecule has 0 radical (unpaired) electrons. The lowest BCUT2D eigenvalue weighted by Gasteiger charge is -2.42. The third-order valence-corrected chi connectivity index (χ3v) is 7.63. The van der Waals surface area contributed by atoms with Crippen LogP contribution in [0.5, 0.6) is 5.75 Å². The second kappa shape index (κ2) is 8.31. The minimum Gasteiger partial charge on any atom is -0.467 e. The van der Waals surface area contributed by atoms with Gasteiger partial charge in [0.2, 0.25) is 23.8 Å². The number of benzene rings is 1. The minimum atomic E-state index is -4.86. The van der Waals surface area contributed by atoms with E-state index in [0.717, 1.165) is 12.2 Å². The van der Waals surface area contributed by atoms with Gasteiger partial charge in [-0.2, -0.15) is 26.3 Å². The molecule has 39 heavy (non-hydrogen) atoms. The number of nitrogens with zero attached hydrogens (tertiary/aromatic N) is 2. The Kier molecular flexibility index (Phi) is 5.51. The lowest BCUT2D eigenvalue weighted by Crippen LogP contribution is -2.64. The van der Waals surface area contributed by atoms with E-state index in [1.807, 2.05) is 0 Å². The Morgan fingerprint density at radius 3 is 2.49 bits per heavy atom. The van der Waals surface area contributed by atoms with Gasteiger partial charge in [0.1, 0.15) is 31.0 Å². The molecule has 0 aromatic heterocycles. The number of hydrogen-bond donors (Lipinski definition) is 1. The van der Waals surface area contributed by atoms with Gasteiger partial charge in [-0.3, -0.25) is 9.59 Å². The minimum absolute atomic E-state index is 0.114. The van der Waals surface area contributed by atoms with E-state index in [9.17, 15) is 35.9 Å². The van der Waals surface area contributed by atoms with Crippen molar-refractivity contribution in [3.63, 3.8) is 0 Å². The molecule has 1 N–H and O–H groups in total. The Balaban J connectivity index is 1.51. The molecule has 1 aromatic rings. The first-order valence-electron chi connectivity index (χ1n) is 12.0. The SMILES string of the molecule is CN1C(=O)[C@H]2C[C@@]34C5=CC(OCC(F)(F)F)(OCC(F)(F)F)C=CC5=N[C@@H]3Oc3ccc(cc34)C[C@@H]1C(=O)N2. The molecular weight excluding hydrogens is 536 g/mol. The van der Waals surface area contributed by atoms with Crippen LogP contribution >= 0.6 is 0 Å². The molecule has 1 aromatic carbocycles. The fraction of sp³-hybridized carbons (Fsp3) is 0.480. The van der Waals surface area contributed by atoms with E-state index in [2.05, 4.69) is 10.3 Å². The lowest BCUT2D eigenvalue weighted by molar-refractivity contribution is -0.274. The molecule has 8 nitrogen and oxygen atoms in total. The number of ether oxygens (including phenoxy) is 3. The number of allylic oxidation sites excluding steroid dienone is 1. The monoisotopic (exact) mass is 557 g/mol. The Bertz CT molecular complexity index is 1330. The van der Waals surface area contributed by atoms with Crippen LogP contribution in [-0.4, -0.2) is 79.1 Å². The number of amides is 2. The predicted molar refractivity (Wildman–Crippen MR) is 121 cm³/mol. The van der Waals surface area contributed by atoms with Gasteiger partial charge in [0, 0.05) is 19.0 Å². The quantitative estimate of drug-likeness (QED) is 0.455. The van der Waals surface area contributed by atoms with Gasteiger partial charge >= 0.3 is 12.4 Å². The summed E-state index contributed by atoms with van der Waals surface area (Å²) in [6, 6.07) is 3.40. The molecule has 4 atom stereocenters. The predicted octanol–water partition coefficient (Wildman–Crippen LogP) is 2.72. The zero-order valence-electron chi connectivity index (χ0n) is 20.2. The lowest BCUT2D eigenvalue weighted by atomic mass is 9.67. The average molecular weight is 557 g/mol. The zero-order chi connectivity index (χ0) is 28.0. The molecule has 1 saturated heterocycles.